The van der Waals surface area contributed by atoms with Crippen LogP contribution < -0.4 is 11.5 Å². The summed E-state index contributed by atoms with van der Waals surface area (Å²) in [6, 6.07) is 0. The normalized spacial score (nSPS) is 23.1. The first kappa shape index (κ1) is 9.99. The second-order valence-electron chi connectivity index (χ2n) is 2.30. The van der Waals surface area contributed by atoms with Crippen molar-refractivity contribution in [2.75, 3.05) is 0 Å². The van der Waals surface area contributed by atoms with Crippen molar-refractivity contribution >= 4 is 10.4 Å². The minimum atomic E-state index is -4.60. The molecule has 0 saturated carbocycles. The quantitative estimate of drug-likeness (QED) is 0.480. The summed E-state index contributed by atoms with van der Waals surface area (Å²) in [6.45, 7) is 0. The van der Waals surface area contributed by atoms with Crippen molar-refractivity contribution in [1.82, 2.24) is 5.06 Å². The van der Waals surface area contributed by atoms with Crippen molar-refractivity contribution in [2.24, 2.45) is 11.5 Å². The minimum Gasteiger partial charge on any atom is -0.384 e. The van der Waals surface area contributed by atoms with Crippen molar-refractivity contribution in [2.45, 2.75) is 6.17 Å². The third kappa shape index (κ3) is 2.70. The fourth-order valence-corrected chi connectivity index (χ4v) is 1.17. The van der Waals surface area contributed by atoms with Crippen LogP contribution in [0.2, 0.25) is 0 Å². The SMILES string of the molecule is NC1=CC=C[C@@H](N)N1OS(=O)(=O)O. The van der Waals surface area contributed by atoms with E-state index in [0.29, 0.717) is 5.06 Å². The lowest BCUT2D eigenvalue weighted by molar-refractivity contribution is -0.0505. The van der Waals surface area contributed by atoms with Crippen LogP contribution >= 0.6 is 0 Å². The van der Waals surface area contributed by atoms with Crippen LogP contribution in [0.1, 0.15) is 0 Å². The van der Waals surface area contributed by atoms with E-state index in [2.05, 4.69) is 4.28 Å². The molecule has 0 spiro atoms. The summed E-state index contributed by atoms with van der Waals surface area (Å²) in [5.41, 5.74) is 10.7. The molecule has 1 heterocycles. The first-order valence-corrected chi connectivity index (χ1v) is 4.62. The first-order chi connectivity index (χ1) is 5.90. The fraction of sp³-hybridized carbons (Fsp3) is 0.200. The van der Waals surface area contributed by atoms with E-state index in [4.69, 9.17) is 16.0 Å². The van der Waals surface area contributed by atoms with Crippen LogP contribution in [-0.4, -0.2) is 24.2 Å². The number of rotatable bonds is 2. The Morgan fingerprint density at radius 3 is 2.69 bits per heavy atom. The Morgan fingerprint density at radius 1 is 1.62 bits per heavy atom. The number of hydrogen-bond acceptors (Lipinski definition) is 6. The van der Waals surface area contributed by atoms with Gasteiger partial charge in [-0.1, -0.05) is 6.08 Å². The fourth-order valence-electron chi connectivity index (χ4n) is 0.786. The molecule has 1 aliphatic heterocycles. The van der Waals surface area contributed by atoms with Gasteiger partial charge in [-0.2, -0.15) is 13.5 Å². The Morgan fingerprint density at radius 2 is 2.23 bits per heavy atom. The van der Waals surface area contributed by atoms with E-state index in [0.717, 1.165) is 0 Å². The molecule has 0 amide bonds. The second-order valence-corrected chi connectivity index (χ2v) is 3.30. The summed E-state index contributed by atoms with van der Waals surface area (Å²) < 4.78 is 33.1. The highest BCUT2D eigenvalue weighted by Gasteiger charge is 2.22. The maximum absolute atomic E-state index is 10.3. The third-order valence-electron chi connectivity index (χ3n) is 1.28. The van der Waals surface area contributed by atoms with Crippen LogP contribution in [0.3, 0.4) is 0 Å². The smallest absolute Gasteiger partial charge is 0.384 e. The molecule has 1 aliphatic rings. The molecular formula is C5H9N3O4S. The van der Waals surface area contributed by atoms with Gasteiger partial charge in [-0.25, -0.2) is 0 Å². The Hall–Kier alpha value is -1.09. The number of allylic oxidation sites excluding steroid dienone is 2. The van der Waals surface area contributed by atoms with E-state index in [1.54, 1.807) is 6.08 Å². The molecule has 0 aromatic rings. The zero-order valence-electron chi connectivity index (χ0n) is 6.49. The highest BCUT2D eigenvalue weighted by atomic mass is 32.3. The van der Waals surface area contributed by atoms with Gasteiger partial charge in [0, 0.05) is 0 Å². The van der Waals surface area contributed by atoms with Gasteiger partial charge >= 0.3 is 10.4 Å². The standard InChI is InChI=1S/C5H9N3O4S/c6-4-2-1-3-5(7)8(4)12-13(9,10)11/h1-4H,6-7H2,(H,9,10,11)/t4-/m0/s1. The molecule has 0 aliphatic carbocycles. The van der Waals surface area contributed by atoms with E-state index in [9.17, 15) is 8.42 Å². The minimum absolute atomic E-state index is 0.00683. The maximum atomic E-state index is 10.3. The molecule has 1 atom stereocenters. The Bertz CT molecular complexity index is 347. The topological polar surface area (TPSA) is 119 Å². The number of nitrogens with two attached hydrogens (primary N) is 2. The lowest BCUT2D eigenvalue weighted by Gasteiger charge is -2.27. The van der Waals surface area contributed by atoms with Crippen molar-refractivity contribution in [3.05, 3.63) is 24.0 Å². The third-order valence-corrected chi connectivity index (χ3v) is 1.62. The summed E-state index contributed by atoms with van der Waals surface area (Å²) in [5.74, 6) is -0.00683. The largest absolute Gasteiger partial charge is 0.418 e. The van der Waals surface area contributed by atoms with E-state index >= 15 is 0 Å². The van der Waals surface area contributed by atoms with Gasteiger partial charge in [0.25, 0.3) is 0 Å². The molecule has 5 N–H and O–H groups in total. The summed E-state index contributed by atoms with van der Waals surface area (Å²) >= 11 is 0. The lowest BCUT2D eigenvalue weighted by Crippen LogP contribution is -2.44. The molecule has 0 aromatic heterocycles. The first-order valence-electron chi connectivity index (χ1n) is 3.26. The van der Waals surface area contributed by atoms with Crippen LogP contribution in [-0.2, 0) is 14.7 Å². The van der Waals surface area contributed by atoms with E-state index in [1.807, 2.05) is 0 Å². The highest BCUT2D eigenvalue weighted by molar-refractivity contribution is 7.80. The van der Waals surface area contributed by atoms with E-state index in [1.165, 1.54) is 12.2 Å². The molecule has 0 unspecified atom stereocenters. The average Bonchev–Trinajstić information content (AvgIpc) is 1.95. The van der Waals surface area contributed by atoms with Gasteiger partial charge in [0.05, 0.1) is 0 Å². The molecule has 1 rings (SSSR count). The van der Waals surface area contributed by atoms with Crippen LogP contribution in [0.25, 0.3) is 0 Å². The molecule has 0 saturated heterocycles. The van der Waals surface area contributed by atoms with Crippen molar-refractivity contribution in [1.29, 1.82) is 0 Å². The molecule has 74 valence electrons. The zero-order valence-corrected chi connectivity index (χ0v) is 7.31. The summed E-state index contributed by atoms with van der Waals surface area (Å²) in [4.78, 5) is 0. The van der Waals surface area contributed by atoms with Gasteiger partial charge in [0.1, 0.15) is 12.0 Å². The summed E-state index contributed by atoms with van der Waals surface area (Å²) in [7, 11) is -4.60. The molecule has 8 heteroatoms. The molecule has 13 heavy (non-hydrogen) atoms. The predicted octanol–water partition coefficient (Wildman–Crippen LogP) is -1.32. The van der Waals surface area contributed by atoms with Gasteiger partial charge in [0.15, 0.2) is 0 Å². The van der Waals surface area contributed by atoms with Crippen molar-refractivity contribution in [3.63, 3.8) is 0 Å². The van der Waals surface area contributed by atoms with Crippen molar-refractivity contribution < 1.29 is 17.3 Å². The summed E-state index contributed by atoms with van der Waals surface area (Å²) in [5, 5.41) is 0.676. The van der Waals surface area contributed by atoms with Crippen LogP contribution in [0, 0.1) is 0 Å². The van der Waals surface area contributed by atoms with Gasteiger partial charge in [0.2, 0.25) is 0 Å². The predicted molar refractivity (Wildman–Crippen MR) is 43.9 cm³/mol. The monoisotopic (exact) mass is 207 g/mol. The van der Waals surface area contributed by atoms with Gasteiger partial charge in [-0.15, -0.1) is 4.28 Å². The number of nitrogens with zero attached hydrogens (tertiary/aromatic N) is 1. The maximum Gasteiger partial charge on any atom is 0.418 e. The molecule has 0 aromatic carbocycles. The second kappa shape index (κ2) is 3.34. The molecule has 7 nitrogen and oxygen atoms in total. The highest BCUT2D eigenvalue weighted by Crippen LogP contribution is 2.10. The number of hydroxylamine groups is 2. The number of hydrogen-bond donors (Lipinski definition) is 3. The van der Waals surface area contributed by atoms with Gasteiger partial charge < -0.3 is 11.5 Å². The van der Waals surface area contributed by atoms with Crippen LogP contribution in [0.15, 0.2) is 24.0 Å². The molecule has 0 fully saturated rings. The Balaban J connectivity index is 2.81. The summed E-state index contributed by atoms with van der Waals surface area (Å²) in [6.07, 6.45) is 3.53. The molecular weight excluding hydrogens is 198 g/mol. The van der Waals surface area contributed by atoms with Gasteiger partial charge in [-0.3, -0.25) is 4.55 Å². The average molecular weight is 207 g/mol. The Kier molecular flexibility index (Phi) is 2.57. The lowest BCUT2D eigenvalue weighted by atomic mass is 10.3. The van der Waals surface area contributed by atoms with E-state index < -0.39 is 16.6 Å². The molecule has 0 radical (unpaired) electrons. The Labute approximate surface area is 75.2 Å². The van der Waals surface area contributed by atoms with Crippen LogP contribution in [0.4, 0.5) is 0 Å². The van der Waals surface area contributed by atoms with Gasteiger partial charge in [-0.05, 0) is 12.2 Å². The molecule has 0 bridgehead atoms. The zero-order chi connectivity index (χ0) is 10.1. The van der Waals surface area contributed by atoms with Crippen molar-refractivity contribution in [3.8, 4) is 0 Å². The van der Waals surface area contributed by atoms with E-state index in [-0.39, 0.29) is 5.82 Å². The van der Waals surface area contributed by atoms with Crippen LogP contribution in [0.5, 0.6) is 0 Å².